The van der Waals surface area contributed by atoms with Gasteiger partial charge < -0.3 is 10.6 Å². The zero-order valence-corrected chi connectivity index (χ0v) is 12.7. The quantitative estimate of drug-likeness (QED) is 0.945. The molecule has 1 aliphatic rings. The second-order valence-electron chi connectivity index (χ2n) is 5.90. The number of rotatable bonds is 3. The highest BCUT2D eigenvalue weighted by Gasteiger charge is 2.27. The van der Waals surface area contributed by atoms with E-state index in [1.807, 2.05) is 41.3 Å². The van der Waals surface area contributed by atoms with Gasteiger partial charge in [0.15, 0.2) is 0 Å². The fourth-order valence-electron chi connectivity index (χ4n) is 3.16. The topological polar surface area (TPSA) is 46.3 Å². The van der Waals surface area contributed by atoms with Crippen LogP contribution in [0.5, 0.6) is 0 Å². The van der Waals surface area contributed by atoms with Crippen molar-refractivity contribution in [2.75, 3.05) is 13.1 Å². The first-order valence-corrected chi connectivity index (χ1v) is 7.90. The van der Waals surface area contributed by atoms with E-state index >= 15 is 0 Å². The number of amides is 1. The molecule has 3 rings (SSSR count). The molecule has 3 heteroatoms. The first-order chi connectivity index (χ1) is 10.8. The molecular weight excluding hydrogens is 272 g/mol. The first-order valence-electron chi connectivity index (χ1n) is 7.90. The Morgan fingerprint density at radius 3 is 2.09 bits per heavy atom. The average Bonchev–Trinajstić information content (AvgIpc) is 2.62. The van der Waals surface area contributed by atoms with Crippen molar-refractivity contribution in [3.8, 4) is 0 Å². The van der Waals surface area contributed by atoms with Crippen molar-refractivity contribution in [3.05, 3.63) is 71.8 Å². The minimum Gasteiger partial charge on any atom is -0.341 e. The molecule has 1 aliphatic heterocycles. The minimum atomic E-state index is -0.547. The maximum atomic E-state index is 12.5. The lowest BCUT2D eigenvalue weighted by atomic mass is 9.89. The number of benzene rings is 2. The molecule has 0 bridgehead atoms. The van der Waals surface area contributed by atoms with Gasteiger partial charge in [-0.2, -0.15) is 0 Å². The lowest BCUT2D eigenvalue weighted by Crippen LogP contribution is -2.42. The zero-order valence-electron chi connectivity index (χ0n) is 12.7. The summed E-state index contributed by atoms with van der Waals surface area (Å²) in [7, 11) is 0. The molecule has 2 N–H and O–H groups in total. The van der Waals surface area contributed by atoms with Crippen molar-refractivity contribution < 1.29 is 4.79 Å². The maximum absolute atomic E-state index is 12.5. The van der Waals surface area contributed by atoms with E-state index < -0.39 is 6.04 Å². The summed E-state index contributed by atoms with van der Waals surface area (Å²) in [5.74, 6) is 0.593. The van der Waals surface area contributed by atoms with E-state index in [0.29, 0.717) is 5.92 Å². The minimum absolute atomic E-state index is 0.0395. The van der Waals surface area contributed by atoms with Gasteiger partial charge in [0.05, 0.1) is 0 Å². The van der Waals surface area contributed by atoms with Gasteiger partial charge >= 0.3 is 0 Å². The van der Waals surface area contributed by atoms with E-state index in [2.05, 4.69) is 24.3 Å². The van der Waals surface area contributed by atoms with Crippen molar-refractivity contribution in [2.45, 2.75) is 24.8 Å². The SMILES string of the molecule is NC(C(=O)N1CCC(c2ccccc2)CC1)c1ccccc1. The third-order valence-electron chi connectivity index (χ3n) is 4.50. The van der Waals surface area contributed by atoms with Crippen molar-refractivity contribution in [3.63, 3.8) is 0 Å². The molecule has 0 aliphatic carbocycles. The Bertz CT molecular complexity index is 604. The van der Waals surface area contributed by atoms with Crippen molar-refractivity contribution in [1.82, 2.24) is 4.90 Å². The van der Waals surface area contributed by atoms with Gasteiger partial charge in [0.1, 0.15) is 6.04 Å². The van der Waals surface area contributed by atoms with Gasteiger partial charge in [-0.3, -0.25) is 4.79 Å². The predicted molar refractivity (Wildman–Crippen MR) is 88.4 cm³/mol. The Morgan fingerprint density at radius 2 is 1.50 bits per heavy atom. The summed E-state index contributed by atoms with van der Waals surface area (Å²) < 4.78 is 0. The molecule has 1 fully saturated rings. The van der Waals surface area contributed by atoms with Gasteiger partial charge in [-0.1, -0.05) is 60.7 Å². The van der Waals surface area contributed by atoms with Gasteiger partial charge in [0, 0.05) is 13.1 Å². The van der Waals surface area contributed by atoms with E-state index in [1.165, 1.54) is 5.56 Å². The van der Waals surface area contributed by atoms with Crippen molar-refractivity contribution in [1.29, 1.82) is 0 Å². The van der Waals surface area contributed by atoms with Gasteiger partial charge in [-0.25, -0.2) is 0 Å². The van der Waals surface area contributed by atoms with Gasteiger partial charge in [-0.05, 0) is 29.9 Å². The molecule has 0 spiro atoms. The van der Waals surface area contributed by atoms with Crippen LogP contribution in [0.15, 0.2) is 60.7 Å². The van der Waals surface area contributed by atoms with Crippen LogP contribution >= 0.6 is 0 Å². The third-order valence-corrected chi connectivity index (χ3v) is 4.50. The molecule has 1 unspecified atom stereocenters. The van der Waals surface area contributed by atoms with Crippen molar-refractivity contribution >= 4 is 5.91 Å². The smallest absolute Gasteiger partial charge is 0.244 e. The first kappa shape index (κ1) is 14.8. The lowest BCUT2D eigenvalue weighted by molar-refractivity contribution is -0.133. The number of hydrogen-bond donors (Lipinski definition) is 1. The van der Waals surface area contributed by atoms with Gasteiger partial charge in [0.2, 0.25) is 5.91 Å². The predicted octanol–water partition coefficient (Wildman–Crippen LogP) is 3.09. The third kappa shape index (κ3) is 3.20. The van der Waals surface area contributed by atoms with E-state index in [4.69, 9.17) is 5.73 Å². The molecule has 1 heterocycles. The summed E-state index contributed by atoms with van der Waals surface area (Å²) in [5, 5.41) is 0. The second-order valence-corrected chi connectivity index (χ2v) is 5.90. The molecule has 0 saturated carbocycles. The normalized spacial score (nSPS) is 17.2. The molecule has 114 valence electrons. The summed E-state index contributed by atoms with van der Waals surface area (Å²) >= 11 is 0. The monoisotopic (exact) mass is 294 g/mol. The number of likely N-dealkylation sites (tertiary alicyclic amines) is 1. The highest BCUT2D eigenvalue weighted by atomic mass is 16.2. The van der Waals surface area contributed by atoms with Crippen LogP contribution in [0.3, 0.4) is 0 Å². The standard InChI is InChI=1S/C19H22N2O/c20-18(17-9-5-2-6-10-17)19(22)21-13-11-16(12-14-21)15-7-3-1-4-8-15/h1-10,16,18H,11-14,20H2. The molecule has 0 aromatic heterocycles. The molecule has 0 radical (unpaired) electrons. The highest BCUT2D eigenvalue weighted by molar-refractivity contribution is 5.83. The fourth-order valence-corrected chi connectivity index (χ4v) is 3.16. The number of carbonyl (C=O) groups excluding carboxylic acids is 1. The number of piperidine rings is 1. The summed E-state index contributed by atoms with van der Waals surface area (Å²) in [5.41, 5.74) is 8.39. The van der Waals surface area contributed by atoms with Crippen LogP contribution in [0.25, 0.3) is 0 Å². The Hall–Kier alpha value is -2.13. The molecule has 2 aromatic carbocycles. The van der Waals surface area contributed by atoms with Crippen LogP contribution in [0, 0.1) is 0 Å². The van der Waals surface area contributed by atoms with Crippen LogP contribution < -0.4 is 5.73 Å². The molecule has 2 aromatic rings. The Morgan fingerprint density at radius 1 is 0.955 bits per heavy atom. The highest BCUT2D eigenvalue weighted by Crippen LogP contribution is 2.28. The number of nitrogens with zero attached hydrogens (tertiary/aromatic N) is 1. The number of carbonyl (C=O) groups is 1. The van der Waals surface area contributed by atoms with Crippen LogP contribution in [0.2, 0.25) is 0 Å². The van der Waals surface area contributed by atoms with E-state index in [-0.39, 0.29) is 5.91 Å². The summed E-state index contributed by atoms with van der Waals surface area (Å²) in [6, 6.07) is 19.6. The maximum Gasteiger partial charge on any atom is 0.244 e. The molecule has 22 heavy (non-hydrogen) atoms. The Kier molecular flexibility index (Phi) is 4.54. The Labute approximate surface area is 131 Å². The average molecular weight is 294 g/mol. The molecule has 1 saturated heterocycles. The van der Waals surface area contributed by atoms with Crippen LogP contribution in [0.4, 0.5) is 0 Å². The zero-order chi connectivity index (χ0) is 15.4. The summed E-state index contributed by atoms with van der Waals surface area (Å²) in [6.07, 6.45) is 2.02. The van der Waals surface area contributed by atoms with E-state index in [0.717, 1.165) is 31.5 Å². The van der Waals surface area contributed by atoms with Crippen LogP contribution in [-0.2, 0) is 4.79 Å². The summed E-state index contributed by atoms with van der Waals surface area (Å²) in [6.45, 7) is 1.58. The van der Waals surface area contributed by atoms with Gasteiger partial charge in [0.25, 0.3) is 0 Å². The molecular formula is C19H22N2O. The lowest BCUT2D eigenvalue weighted by Gasteiger charge is -2.33. The fraction of sp³-hybridized carbons (Fsp3) is 0.316. The second kappa shape index (κ2) is 6.75. The molecule has 3 nitrogen and oxygen atoms in total. The molecule has 1 atom stereocenters. The number of hydrogen-bond acceptors (Lipinski definition) is 2. The van der Waals surface area contributed by atoms with E-state index in [1.54, 1.807) is 0 Å². The largest absolute Gasteiger partial charge is 0.341 e. The summed E-state index contributed by atoms with van der Waals surface area (Å²) in [4.78, 5) is 14.5. The van der Waals surface area contributed by atoms with Gasteiger partial charge in [-0.15, -0.1) is 0 Å². The Balaban J connectivity index is 1.60. The van der Waals surface area contributed by atoms with Crippen molar-refractivity contribution in [2.24, 2.45) is 5.73 Å². The van der Waals surface area contributed by atoms with Crippen LogP contribution in [-0.4, -0.2) is 23.9 Å². The molecule has 1 amide bonds. The van der Waals surface area contributed by atoms with E-state index in [9.17, 15) is 4.79 Å². The van der Waals surface area contributed by atoms with Crippen LogP contribution in [0.1, 0.15) is 35.9 Å². The number of nitrogens with two attached hydrogens (primary N) is 1.